The minimum atomic E-state index is -4.72. The number of para-hydroxylation sites is 2. The Labute approximate surface area is 153 Å². The number of fused-ring (bicyclic) bond motifs is 1. The van der Waals surface area contributed by atoms with E-state index in [2.05, 4.69) is 15.4 Å². The molecule has 0 fully saturated rings. The molecule has 0 amide bonds. The lowest BCUT2D eigenvalue weighted by atomic mass is 10.2. The molecule has 0 saturated carbocycles. The predicted molar refractivity (Wildman–Crippen MR) is 93.7 cm³/mol. The topological polar surface area (TPSA) is 51.8 Å². The quantitative estimate of drug-likeness (QED) is 0.784. The van der Waals surface area contributed by atoms with Gasteiger partial charge in [0.05, 0.1) is 6.54 Å². The second kappa shape index (κ2) is 7.69. The van der Waals surface area contributed by atoms with Gasteiger partial charge < -0.3 is 24.8 Å². The molecule has 0 aliphatic carbocycles. The number of hydrogen-bond donors (Lipinski definition) is 2. The van der Waals surface area contributed by atoms with Crippen LogP contribution in [0.25, 0.3) is 0 Å². The summed E-state index contributed by atoms with van der Waals surface area (Å²) >= 11 is 5.17. The molecule has 1 atom stereocenters. The third-order valence-electron chi connectivity index (χ3n) is 3.40. The van der Waals surface area contributed by atoms with E-state index in [0.717, 1.165) is 0 Å². The first-order valence-corrected chi connectivity index (χ1v) is 8.09. The van der Waals surface area contributed by atoms with E-state index >= 15 is 0 Å². The van der Waals surface area contributed by atoms with Crippen LogP contribution in [-0.2, 0) is 0 Å². The first-order chi connectivity index (χ1) is 12.4. The van der Waals surface area contributed by atoms with Gasteiger partial charge >= 0.3 is 6.36 Å². The highest BCUT2D eigenvalue weighted by molar-refractivity contribution is 7.80. The summed E-state index contributed by atoms with van der Waals surface area (Å²) in [5.41, 5.74) is 0.531. The number of alkyl halides is 3. The number of thiocarbonyl (C=S) groups is 1. The summed E-state index contributed by atoms with van der Waals surface area (Å²) in [6.07, 6.45) is -4.93. The maximum atomic E-state index is 12.1. The van der Waals surface area contributed by atoms with E-state index < -0.39 is 6.36 Å². The monoisotopic (exact) mass is 384 g/mol. The van der Waals surface area contributed by atoms with Crippen LogP contribution in [0.15, 0.2) is 48.5 Å². The Kier molecular flexibility index (Phi) is 5.36. The zero-order chi connectivity index (χ0) is 18.6. The molecule has 0 spiro atoms. The van der Waals surface area contributed by atoms with Gasteiger partial charge in [-0.2, -0.15) is 0 Å². The first kappa shape index (κ1) is 18.1. The molecule has 26 heavy (non-hydrogen) atoms. The molecule has 0 aromatic heterocycles. The molecule has 0 radical (unpaired) electrons. The number of nitrogens with one attached hydrogen (secondary N) is 2. The van der Waals surface area contributed by atoms with Crippen molar-refractivity contribution in [1.29, 1.82) is 0 Å². The summed E-state index contributed by atoms with van der Waals surface area (Å²) in [4.78, 5) is 0. The molecule has 1 heterocycles. The number of anilines is 1. The number of benzene rings is 2. The molecule has 138 valence electrons. The largest absolute Gasteiger partial charge is 0.573 e. The van der Waals surface area contributed by atoms with Crippen LogP contribution in [0.5, 0.6) is 17.2 Å². The molecule has 2 aromatic carbocycles. The van der Waals surface area contributed by atoms with Gasteiger partial charge in [0, 0.05) is 5.69 Å². The first-order valence-electron chi connectivity index (χ1n) is 7.68. The fourth-order valence-corrected chi connectivity index (χ4v) is 2.49. The van der Waals surface area contributed by atoms with Crippen molar-refractivity contribution in [2.45, 2.75) is 12.5 Å². The second-order valence-corrected chi connectivity index (χ2v) is 5.81. The van der Waals surface area contributed by atoms with E-state index in [1.807, 2.05) is 24.3 Å². The van der Waals surface area contributed by atoms with Gasteiger partial charge in [0.25, 0.3) is 0 Å². The number of ether oxygens (including phenoxy) is 3. The van der Waals surface area contributed by atoms with Gasteiger partial charge in [0.2, 0.25) is 0 Å². The van der Waals surface area contributed by atoms with Crippen LogP contribution in [0.1, 0.15) is 0 Å². The summed E-state index contributed by atoms with van der Waals surface area (Å²) in [5.74, 6) is 1.07. The van der Waals surface area contributed by atoms with Crippen LogP contribution >= 0.6 is 12.2 Å². The van der Waals surface area contributed by atoms with Gasteiger partial charge in [-0.05, 0) is 48.6 Å². The van der Waals surface area contributed by atoms with Crippen molar-refractivity contribution >= 4 is 23.0 Å². The van der Waals surface area contributed by atoms with Crippen molar-refractivity contribution in [1.82, 2.24) is 5.32 Å². The Bertz CT molecular complexity index is 769. The highest BCUT2D eigenvalue weighted by Crippen LogP contribution is 2.30. The molecule has 9 heteroatoms. The molecular weight excluding hydrogens is 369 g/mol. The fraction of sp³-hybridized carbons (Fsp3) is 0.235. The van der Waals surface area contributed by atoms with Gasteiger partial charge in [-0.1, -0.05) is 12.1 Å². The van der Waals surface area contributed by atoms with Crippen LogP contribution in [-0.4, -0.2) is 30.7 Å². The van der Waals surface area contributed by atoms with Gasteiger partial charge in [-0.3, -0.25) is 0 Å². The minimum absolute atomic E-state index is 0.216. The summed E-state index contributed by atoms with van der Waals surface area (Å²) in [6.45, 7) is 0.797. The average molecular weight is 384 g/mol. The van der Waals surface area contributed by atoms with Crippen molar-refractivity contribution in [3.8, 4) is 17.2 Å². The Morgan fingerprint density at radius 1 is 1.12 bits per heavy atom. The van der Waals surface area contributed by atoms with E-state index in [0.29, 0.717) is 35.5 Å². The Morgan fingerprint density at radius 3 is 2.50 bits per heavy atom. The van der Waals surface area contributed by atoms with E-state index in [1.54, 1.807) is 0 Å². The smallest absolute Gasteiger partial charge is 0.486 e. The highest BCUT2D eigenvalue weighted by atomic mass is 32.1. The molecule has 0 saturated heterocycles. The van der Waals surface area contributed by atoms with Gasteiger partial charge in [0.1, 0.15) is 18.5 Å². The lowest BCUT2D eigenvalue weighted by molar-refractivity contribution is -0.274. The molecule has 1 aliphatic heterocycles. The molecule has 3 rings (SSSR count). The second-order valence-electron chi connectivity index (χ2n) is 5.40. The number of hydrogen-bond acceptors (Lipinski definition) is 4. The Hall–Kier alpha value is -2.68. The molecule has 5 nitrogen and oxygen atoms in total. The molecule has 0 unspecified atom stereocenters. The average Bonchev–Trinajstić information content (AvgIpc) is 2.60. The SMILES string of the molecule is FC(F)(F)Oc1ccc(NC(=S)NC[C@@H]2COc3ccccc3O2)cc1. The number of halogens is 3. The molecule has 2 N–H and O–H groups in total. The van der Waals surface area contributed by atoms with Crippen LogP contribution in [0.3, 0.4) is 0 Å². The lowest BCUT2D eigenvalue weighted by Gasteiger charge is -2.27. The minimum Gasteiger partial charge on any atom is -0.486 e. The van der Waals surface area contributed by atoms with Gasteiger partial charge in [0.15, 0.2) is 16.6 Å². The van der Waals surface area contributed by atoms with Crippen LogP contribution < -0.4 is 24.8 Å². The Morgan fingerprint density at radius 2 is 1.81 bits per heavy atom. The fourth-order valence-electron chi connectivity index (χ4n) is 2.29. The van der Waals surface area contributed by atoms with Crippen LogP contribution in [0.4, 0.5) is 18.9 Å². The zero-order valence-electron chi connectivity index (χ0n) is 13.4. The third-order valence-corrected chi connectivity index (χ3v) is 3.65. The van der Waals surface area contributed by atoms with E-state index in [-0.39, 0.29) is 11.9 Å². The van der Waals surface area contributed by atoms with Gasteiger partial charge in [-0.15, -0.1) is 13.2 Å². The Balaban J connectivity index is 1.46. The summed E-state index contributed by atoms with van der Waals surface area (Å²) < 4.78 is 51.6. The normalized spacial score (nSPS) is 15.9. The summed E-state index contributed by atoms with van der Waals surface area (Å²) in [5, 5.41) is 6.18. The maximum absolute atomic E-state index is 12.1. The number of rotatable bonds is 4. The summed E-state index contributed by atoms with van der Waals surface area (Å²) in [6, 6.07) is 12.7. The molecule has 0 bridgehead atoms. The van der Waals surface area contributed by atoms with Crippen molar-refractivity contribution in [2.75, 3.05) is 18.5 Å². The van der Waals surface area contributed by atoms with Crippen LogP contribution in [0.2, 0.25) is 0 Å². The van der Waals surface area contributed by atoms with Crippen molar-refractivity contribution in [2.24, 2.45) is 0 Å². The van der Waals surface area contributed by atoms with Crippen molar-refractivity contribution in [3.63, 3.8) is 0 Å². The van der Waals surface area contributed by atoms with Crippen molar-refractivity contribution < 1.29 is 27.4 Å². The van der Waals surface area contributed by atoms with E-state index in [9.17, 15) is 13.2 Å². The molecular formula is C17H15F3N2O3S. The van der Waals surface area contributed by atoms with Crippen molar-refractivity contribution in [3.05, 3.63) is 48.5 Å². The van der Waals surface area contributed by atoms with E-state index in [4.69, 9.17) is 21.7 Å². The zero-order valence-corrected chi connectivity index (χ0v) is 14.2. The third kappa shape index (κ3) is 5.16. The highest BCUT2D eigenvalue weighted by Gasteiger charge is 2.31. The van der Waals surface area contributed by atoms with Gasteiger partial charge in [-0.25, -0.2) is 0 Å². The summed E-state index contributed by atoms with van der Waals surface area (Å²) in [7, 11) is 0. The molecule has 2 aromatic rings. The predicted octanol–water partition coefficient (Wildman–Crippen LogP) is 3.71. The maximum Gasteiger partial charge on any atom is 0.573 e. The molecule has 1 aliphatic rings. The van der Waals surface area contributed by atoms with Crippen LogP contribution in [0, 0.1) is 0 Å². The lowest BCUT2D eigenvalue weighted by Crippen LogP contribution is -2.42. The van der Waals surface area contributed by atoms with E-state index in [1.165, 1.54) is 24.3 Å². The standard InChI is InChI=1S/C17H15F3N2O3S/c18-17(19,20)25-12-7-5-11(6-8-12)22-16(26)21-9-13-10-23-14-3-1-2-4-15(14)24-13/h1-8,13H,9-10H2,(H2,21,22,26)/t13-/m1/s1.